The largest absolute Gasteiger partial charge is 0.334 e. The third kappa shape index (κ3) is 1.65. The molecule has 5 heteroatoms. The van der Waals surface area contributed by atoms with Crippen molar-refractivity contribution >= 4 is 17.9 Å². The molecule has 2 heterocycles. The molecule has 0 saturated carbocycles. The number of nitrogens with zero attached hydrogens (tertiary/aromatic N) is 2. The van der Waals surface area contributed by atoms with E-state index in [0.717, 1.165) is 0 Å². The van der Waals surface area contributed by atoms with E-state index in [1.165, 1.54) is 12.4 Å². The van der Waals surface area contributed by atoms with Crippen LogP contribution < -0.4 is 0 Å². The van der Waals surface area contributed by atoms with Gasteiger partial charge in [0.2, 0.25) is 0 Å². The molecule has 0 aliphatic carbocycles. The molecule has 0 fully saturated rings. The summed E-state index contributed by atoms with van der Waals surface area (Å²) in [5, 5.41) is 0.566. The van der Waals surface area contributed by atoms with Gasteiger partial charge in [-0.05, 0) is 12.1 Å². The van der Waals surface area contributed by atoms with Crippen LogP contribution in [0.4, 0.5) is 0 Å². The Labute approximate surface area is 85.0 Å². The monoisotopic (exact) mass is 207 g/mol. The van der Waals surface area contributed by atoms with Gasteiger partial charge in [-0.25, -0.2) is 4.98 Å². The zero-order valence-electron chi connectivity index (χ0n) is 7.07. The second-order valence-electron chi connectivity index (χ2n) is 2.67. The first-order chi connectivity index (χ1) is 6.79. The summed E-state index contributed by atoms with van der Waals surface area (Å²) >= 11 is 5.68. The summed E-state index contributed by atoms with van der Waals surface area (Å²) in [6.45, 7) is 0. The Kier molecular flexibility index (Phi) is 2.28. The van der Waals surface area contributed by atoms with Crippen molar-refractivity contribution in [2.75, 3.05) is 0 Å². The Balaban J connectivity index is 2.39. The number of hydrogen-bond acceptors (Lipinski definition) is 3. The van der Waals surface area contributed by atoms with Gasteiger partial charge in [0, 0.05) is 6.20 Å². The number of carbonyl (C=O) groups is 1. The Bertz CT molecular complexity index is 449. The van der Waals surface area contributed by atoms with E-state index in [0.29, 0.717) is 28.5 Å². The maximum Gasteiger partial charge on any atom is 0.167 e. The Morgan fingerprint density at radius 1 is 1.29 bits per heavy atom. The second-order valence-corrected chi connectivity index (χ2v) is 3.10. The van der Waals surface area contributed by atoms with Crippen LogP contribution in [0.15, 0.2) is 24.5 Å². The van der Waals surface area contributed by atoms with Crippen molar-refractivity contribution in [2.24, 2.45) is 0 Å². The van der Waals surface area contributed by atoms with Crippen LogP contribution in [0.3, 0.4) is 0 Å². The second kappa shape index (κ2) is 3.59. The molecule has 0 radical (unpaired) electrons. The van der Waals surface area contributed by atoms with Crippen LogP contribution in [0.2, 0.25) is 5.02 Å². The molecule has 14 heavy (non-hydrogen) atoms. The molecule has 0 atom stereocenters. The highest BCUT2D eigenvalue weighted by Gasteiger charge is 2.03. The lowest BCUT2D eigenvalue weighted by molar-refractivity contribution is 0.111. The fourth-order valence-electron chi connectivity index (χ4n) is 1.04. The lowest BCUT2D eigenvalue weighted by Crippen LogP contribution is -1.85. The van der Waals surface area contributed by atoms with Crippen molar-refractivity contribution in [3.05, 3.63) is 35.2 Å². The number of halogens is 1. The summed E-state index contributed by atoms with van der Waals surface area (Å²) in [4.78, 5) is 21.3. The quantitative estimate of drug-likeness (QED) is 0.766. The van der Waals surface area contributed by atoms with Crippen LogP contribution in [0.25, 0.3) is 11.5 Å². The van der Waals surface area contributed by atoms with Crippen molar-refractivity contribution in [3.63, 3.8) is 0 Å². The summed E-state index contributed by atoms with van der Waals surface area (Å²) in [6.07, 6.45) is 3.69. The number of hydrogen-bond donors (Lipinski definition) is 1. The summed E-state index contributed by atoms with van der Waals surface area (Å²) in [6, 6.07) is 3.45. The SMILES string of the molecule is O=Cc1cnc(-c2ccc(Cl)cn2)[nH]1. The summed E-state index contributed by atoms with van der Waals surface area (Å²) in [5.74, 6) is 0.559. The van der Waals surface area contributed by atoms with Crippen LogP contribution in [-0.2, 0) is 0 Å². The van der Waals surface area contributed by atoms with E-state index in [9.17, 15) is 4.79 Å². The van der Waals surface area contributed by atoms with Crippen molar-refractivity contribution in [2.45, 2.75) is 0 Å². The molecule has 1 N–H and O–H groups in total. The first-order valence-electron chi connectivity index (χ1n) is 3.92. The van der Waals surface area contributed by atoms with Crippen LogP contribution in [0.5, 0.6) is 0 Å². The zero-order chi connectivity index (χ0) is 9.97. The number of rotatable bonds is 2. The van der Waals surface area contributed by atoms with E-state index >= 15 is 0 Å². The number of imidazole rings is 1. The highest BCUT2D eigenvalue weighted by atomic mass is 35.5. The van der Waals surface area contributed by atoms with E-state index < -0.39 is 0 Å². The van der Waals surface area contributed by atoms with Crippen LogP contribution in [0.1, 0.15) is 10.5 Å². The van der Waals surface area contributed by atoms with Gasteiger partial charge in [0.1, 0.15) is 5.69 Å². The number of carbonyl (C=O) groups excluding carboxylic acids is 1. The molecule has 0 bridgehead atoms. The smallest absolute Gasteiger partial charge is 0.167 e. The number of aromatic nitrogens is 3. The third-order valence-electron chi connectivity index (χ3n) is 1.69. The normalized spacial score (nSPS) is 10.1. The number of nitrogens with one attached hydrogen (secondary N) is 1. The fraction of sp³-hybridized carbons (Fsp3) is 0. The summed E-state index contributed by atoms with van der Waals surface area (Å²) in [7, 11) is 0. The highest BCUT2D eigenvalue weighted by Crippen LogP contribution is 2.14. The van der Waals surface area contributed by atoms with E-state index in [-0.39, 0.29) is 0 Å². The first kappa shape index (κ1) is 8.90. The molecular weight excluding hydrogens is 202 g/mol. The molecule has 0 saturated heterocycles. The lowest BCUT2D eigenvalue weighted by Gasteiger charge is -1.94. The minimum Gasteiger partial charge on any atom is -0.334 e. The van der Waals surface area contributed by atoms with E-state index in [2.05, 4.69) is 15.0 Å². The zero-order valence-corrected chi connectivity index (χ0v) is 7.82. The van der Waals surface area contributed by atoms with Gasteiger partial charge in [-0.3, -0.25) is 9.78 Å². The maximum absolute atomic E-state index is 10.4. The van der Waals surface area contributed by atoms with Gasteiger partial charge >= 0.3 is 0 Å². The van der Waals surface area contributed by atoms with Crippen LogP contribution >= 0.6 is 11.6 Å². The van der Waals surface area contributed by atoms with Crippen molar-refractivity contribution in [3.8, 4) is 11.5 Å². The minimum absolute atomic E-state index is 0.428. The number of aromatic amines is 1. The van der Waals surface area contributed by atoms with Gasteiger partial charge in [0.15, 0.2) is 12.1 Å². The molecule has 0 amide bonds. The Morgan fingerprint density at radius 2 is 2.14 bits per heavy atom. The van der Waals surface area contributed by atoms with Gasteiger partial charge in [0.25, 0.3) is 0 Å². The van der Waals surface area contributed by atoms with Gasteiger partial charge in [0.05, 0.1) is 16.9 Å². The molecule has 4 nitrogen and oxygen atoms in total. The molecule has 2 rings (SSSR count). The van der Waals surface area contributed by atoms with Crippen molar-refractivity contribution in [1.82, 2.24) is 15.0 Å². The maximum atomic E-state index is 10.4. The van der Waals surface area contributed by atoms with E-state index in [4.69, 9.17) is 11.6 Å². The van der Waals surface area contributed by atoms with Crippen molar-refractivity contribution in [1.29, 1.82) is 0 Å². The fourth-order valence-corrected chi connectivity index (χ4v) is 1.15. The van der Waals surface area contributed by atoms with Gasteiger partial charge in [-0.15, -0.1) is 0 Å². The number of aldehydes is 1. The van der Waals surface area contributed by atoms with Crippen LogP contribution in [-0.4, -0.2) is 21.2 Å². The topological polar surface area (TPSA) is 58.6 Å². The molecule has 0 unspecified atom stereocenters. The average Bonchev–Trinajstić information content (AvgIpc) is 2.67. The Morgan fingerprint density at radius 3 is 2.71 bits per heavy atom. The third-order valence-corrected chi connectivity index (χ3v) is 1.92. The standard InChI is InChI=1S/C9H6ClN3O/c10-6-1-2-8(11-3-6)9-12-4-7(5-14)13-9/h1-5H,(H,12,13). The van der Waals surface area contributed by atoms with E-state index in [1.807, 2.05) is 0 Å². The first-order valence-corrected chi connectivity index (χ1v) is 4.29. The molecule has 0 aliphatic heterocycles. The number of H-pyrrole nitrogens is 1. The minimum atomic E-state index is 0.428. The predicted octanol–water partition coefficient (Wildman–Crippen LogP) is 1.94. The number of pyridine rings is 1. The molecule has 0 spiro atoms. The van der Waals surface area contributed by atoms with Gasteiger partial charge in [-0.1, -0.05) is 11.6 Å². The molecular formula is C9H6ClN3O. The van der Waals surface area contributed by atoms with Crippen molar-refractivity contribution < 1.29 is 4.79 Å². The van der Waals surface area contributed by atoms with Gasteiger partial charge < -0.3 is 4.98 Å². The molecule has 70 valence electrons. The van der Waals surface area contributed by atoms with Gasteiger partial charge in [-0.2, -0.15) is 0 Å². The highest BCUT2D eigenvalue weighted by molar-refractivity contribution is 6.30. The summed E-state index contributed by atoms with van der Waals surface area (Å²) in [5.41, 5.74) is 1.08. The Hall–Kier alpha value is -1.68. The summed E-state index contributed by atoms with van der Waals surface area (Å²) < 4.78 is 0. The predicted molar refractivity (Wildman–Crippen MR) is 52.2 cm³/mol. The lowest BCUT2D eigenvalue weighted by atomic mass is 10.3. The van der Waals surface area contributed by atoms with Crippen LogP contribution in [0, 0.1) is 0 Å². The molecule has 0 aliphatic rings. The molecule has 2 aromatic rings. The molecule has 2 aromatic heterocycles. The molecule has 0 aromatic carbocycles. The van der Waals surface area contributed by atoms with E-state index in [1.54, 1.807) is 12.1 Å². The average molecular weight is 208 g/mol.